The average Bonchev–Trinajstić information content (AvgIpc) is 2.84. The Hall–Kier alpha value is -1.10. The van der Waals surface area contributed by atoms with Gasteiger partial charge >= 0.3 is 5.69 Å². The first kappa shape index (κ1) is 10.4. The molecule has 84 valence electrons. The zero-order valence-corrected chi connectivity index (χ0v) is 8.91. The summed E-state index contributed by atoms with van der Waals surface area (Å²) in [5.41, 5.74) is 5.40. The molecule has 1 saturated carbocycles. The summed E-state index contributed by atoms with van der Waals surface area (Å²) >= 11 is 0. The van der Waals surface area contributed by atoms with Gasteiger partial charge in [0.15, 0.2) is 0 Å². The van der Waals surface area contributed by atoms with Crippen molar-refractivity contribution in [2.75, 3.05) is 6.54 Å². The van der Waals surface area contributed by atoms with E-state index in [2.05, 4.69) is 10.2 Å². The Bertz CT molecular complexity index is 362. The summed E-state index contributed by atoms with van der Waals surface area (Å²) in [5, 5.41) is 6.61. The molecule has 1 aliphatic rings. The van der Waals surface area contributed by atoms with Gasteiger partial charge in [0, 0.05) is 12.5 Å². The molecule has 0 unspecified atom stereocenters. The summed E-state index contributed by atoms with van der Waals surface area (Å²) in [6.07, 6.45) is 6.34. The van der Waals surface area contributed by atoms with Crippen molar-refractivity contribution in [3.63, 3.8) is 0 Å². The zero-order chi connectivity index (χ0) is 10.7. The largest absolute Gasteiger partial charge is 0.343 e. The molecule has 1 heterocycles. The Labute approximate surface area is 88.7 Å². The molecule has 5 heteroatoms. The minimum Gasteiger partial charge on any atom is -0.330 e. The summed E-state index contributed by atoms with van der Waals surface area (Å²) in [6.45, 7) is 0.645. The van der Waals surface area contributed by atoms with Gasteiger partial charge in [-0.1, -0.05) is 12.8 Å². The highest BCUT2D eigenvalue weighted by molar-refractivity contribution is 4.92. The van der Waals surface area contributed by atoms with Crippen LogP contribution in [0.3, 0.4) is 0 Å². The van der Waals surface area contributed by atoms with Gasteiger partial charge in [-0.15, -0.1) is 0 Å². The van der Waals surface area contributed by atoms with Gasteiger partial charge in [0.05, 0.1) is 0 Å². The number of nitrogens with one attached hydrogen (secondary N) is 1. The summed E-state index contributed by atoms with van der Waals surface area (Å²) < 4.78 is 1.84. The van der Waals surface area contributed by atoms with Crippen LogP contribution in [-0.2, 0) is 6.42 Å². The van der Waals surface area contributed by atoms with Gasteiger partial charge in [0.1, 0.15) is 5.82 Å². The van der Waals surface area contributed by atoms with Crippen molar-refractivity contribution in [1.29, 1.82) is 0 Å². The molecule has 3 N–H and O–H groups in total. The van der Waals surface area contributed by atoms with Crippen molar-refractivity contribution in [3.8, 4) is 0 Å². The van der Waals surface area contributed by atoms with Gasteiger partial charge in [-0.2, -0.15) is 5.10 Å². The maximum Gasteiger partial charge on any atom is 0.343 e. The molecule has 0 radical (unpaired) electrons. The lowest BCUT2D eigenvalue weighted by Gasteiger charge is -2.12. The number of aryl methyl sites for hydroxylation is 1. The minimum atomic E-state index is -0.0612. The molecule has 0 saturated heterocycles. The Kier molecular flexibility index (Phi) is 3.20. The van der Waals surface area contributed by atoms with E-state index >= 15 is 0 Å². The number of hydrogen-bond acceptors (Lipinski definition) is 3. The van der Waals surface area contributed by atoms with Crippen molar-refractivity contribution < 1.29 is 0 Å². The van der Waals surface area contributed by atoms with Crippen LogP contribution >= 0.6 is 0 Å². The Morgan fingerprint density at radius 3 is 2.87 bits per heavy atom. The highest BCUT2D eigenvalue weighted by Crippen LogP contribution is 2.28. The van der Waals surface area contributed by atoms with Crippen molar-refractivity contribution in [2.45, 2.75) is 44.6 Å². The number of aromatic amines is 1. The normalized spacial score (nSPS) is 17.4. The SMILES string of the molecule is NCCCc1n[nH]c(=O)n1C1CCCC1. The van der Waals surface area contributed by atoms with Gasteiger partial charge in [0.25, 0.3) is 0 Å². The van der Waals surface area contributed by atoms with Crippen molar-refractivity contribution in [3.05, 3.63) is 16.3 Å². The molecule has 5 nitrogen and oxygen atoms in total. The van der Waals surface area contributed by atoms with Gasteiger partial charge in [0.2, 0.25) is 0 Å². The van der Waals surface area contributed by atoms with Crippen LogP contribution in [-0.4, -0.2) is 21.3 Å². The number of hydrogen-bond donors (Lipinski definition) is 2. The number of rotatable bonds is 4. The van der Waals surface area contributed by atoms with Crippen LogP contribution < -0.4 is 11.4 Å². The first-order chi connectivity index (χ1) is 7.33. The van der Waals surface area contributed by atoms with E-state index < -0.39 is 0 Å². The monoisotopic (exact) mass is 210 g/mol. The first-order valence-corrected chi connectivity index (χ1v) is 5.69. The fourth-order valence-electron chi connectivity index (χ4n) is 2.31. The number of H-pyrrole nitrogens is 1. The van der Waals surface area contributed by atoms with Crippen molar-refractivity contribution in [1.82, 2.24) is 14.8 Å². The van der Waals surface area contributed by atoms with E-state index in [-0.39, 0.29) is 5.69 Å². The van der Waals surface area contributed by atoms with Crippen molar-refractivity contribution in [2.24, 2.45) is 5.73 Å². The minimum absolute atomic E-state index is 0.0612. The van der Waals surface area contributed by atoms with E-state index in [1.54, 1.807) is 0 Å². The molecule has 0 aliphatic heterocycles. The summed E-state index contributed by atoms with van der Waals surface area (Å²) in [5.74, 6) is 0.873. The molecule has 0 amide bonds. The lowest BCUT2D eigenvalue weighted by Crippen LogP contribution is -2.23. The summed E-state index contributed by atoms with van der Waals surface area (Å²) in [6, 6.07) is 0.365. The van der Waals surface area contributed by atoms with Gasteiger partial charge in [-0.05, 0) is 25.8 Å². The molecular formula is C10H18N4O. The number of aromatic nitrogens is 3. The van der Waals surface area contributed by atoms with E-state index in [0.717, 1.165) is 31.5 Å². The molecule has 0 spiro atoms. The second-order valence-corrected chi connectivity index (χ2v) is 4.15. The van der Waals surface area contributed by atoms with Crippen LogP contribution in [0.1, 0.15) is 44.0 Å². The Morgan fingerprint density at radius 2 is 2.20 bits per heavy atom. The van der Waals surface area contributed by atoms with E-state index in [0.29, 0.717) is 12.6 Å². The van der Waals surface area contributed by atoms with E-state index in [1.807, 2.05) is 4.57 Å². The van der Waals surface area contributed by atoms with Gasteiger partial charge < -0.3 is 5.73 Å². The highest BCUT2D eigenvalue weighted by Gasteiger charge is 2.21. The average molecular weight is 210 g/mol. The second-order valence-electron chi connectivity index (χ2n) is 4.15. The fourth-order valence-corrected chi connectivity index (χ4v) is 2.31. The van der Waals surface area contributed by atoms with E-state index in [1.165, 1.54) is 12.8 Å². The smallest absolute Gasteiger partial charge is 0.330 e. The molecular weight excluding hydrogens is 192 g/mol. The quantitative estimate of drug-likeness (QED) is 0.763. The van der Waals surface area contributed by atoms with Crippen molar-refractivity contribution >= 4 is 0 Å². The topological polar surface area (TPSA) is 76.7 Å². The first-order valence-electron chi connectivity index (χ1n) is 5.69. The zero-order valence-electron chi connectivity index (χ0n) is 8.91. The summed E-state index contributed by atoms with van der Waals surface area (Å²) in [7, 11) is 0. The molecule has 0 bridgehead atoms. The standard InChI is InChI=1S/C10H18N4O/c11-7-3-6-9-12-13-10(15)14(9)8-4-1-2-5-8/h8H,1-7,11H2,(H,13,15). The molecule has 0 atom stereocenters. The molecule has 15 heavy (non-hydrogen) atoms. The predicted molar refractivity (Wildman–Crippen MR) is 57.7 cm³/mol. The molecule has 1 aromatic heterocycles. The van der Waals surface area contributed by atoms with Crippen LogP contribution in [0.4, 0.5) is 0 Å². The van der Waals surface area contributed by atoms with Gasteiger partial charge in [-0.25, -0.2) is 9.89 Å². The molecule has 0 aromatic carbocycles. The van der Waals surface area contributed by atoms with E-state index in [9.17, 15) is 4.79 Å². The third kappa shape index (κ3) is 2.12. The Balaban J connectivity index is 2.19. The lowest BCUT2D eigenvalue weighted by atomic mass is 10.2. The molecule has 1 aliphatic carbocycles. The summed E-state index contributed by atoms with van der Waals surface area (Å²) in [4.78, 5) is 11.6. The Morgan fingerprint density at radius 1 is 1.47 bits per heavy atom. The second kappa shape index (κ2) is 4.61. The van der Waals surface area contributed by atoms with Crippen LogP contribution in [0.25, 0.3) is 0 Å². The molecule has 1 fully saturated rings. The van der Waals surface area contributed by atoms with Crippen LogP contribution in [0.15, 0.2) is 4.79 Å². The van der Waals surface area contributed by atoms with Crippen LogP contribution in [0, 0.1) is 0 Å². The molecule has 2 rings (SSSR count). The lowest BCUT2D eigenvalue weighted by molar-refractivity contribution is 0.481. The third-order valence-corrected chi connectivity index (χ3v) is 3.07. The predicted octanol–water partition coefficient (Wildman–Crippen LogP) is 0.578. The van der Waals surface area contributed by atoms with E-state index in [4.69, 9.17) is 5.73 Å². The van der Waals surface area contributed by atoms with Gasteiger partial charge in [-0.3, -0.25) is 4.57 Å². The maximum atomic E-state index is 11.6. The maximum absolute atomic E-state index is 11.6. The number of nitrogens with zero attached hydrogens (tertiary/aromatic N) is 2. The molecule has 1 aromatic rings. The van der Waals surface area contributed by atoms with Crippen LogP contribution in [0.5, 0.6) is 0 Å². The number of nitrogens with two attached hydrogens (primary N) is 1. The highest BCUT2D eigenvalue weighted by atomic mass is 16.1. The third-order valence-electron chi connectivity index (χ3n) is 3.07. The van der Waals surface area contributed by atoms with Crippen LogP contribution in [0.2, 0.25) is 0 Å². The fraction of sp³-hybridized carbons (Fsp3) is 0.800.